The Bertz CT molecular complexity index is 878. The maximum absolute atomic E-state index is 12.8. The molecule has 0 aliphatic carbocycles. The van der Waals surface area contributed by atoms with Crippen molar-refractivity contribution >= 4 is 17.5 Å². The van der Waals surface area contributed by atoms with Gasteiger partial charge in [0.05, 0.1) is 6.04 Å². The van der Waals surface area contributed by atoms with Crippen LogP contribution in [0.5, 0.6) is 0 Å². The number of carbonyl (C=O) groups excluding carboxylic acids is 2. The lowest BCUT2D eigenvalue weighted by Gasteiger charge is -2.38. The van der Waals surface area contributed by atoms with Crippen molar-refractivity contribution in [3.05, 3.63) is 65.7 Å². The van der Waals surface area contributed by atoms with Gasteiger partial charge in [-0.3, -0.25) is 9.59 Å². The van der Waals surface area contributed by atoms with Crippen LogP contribution < -0.4 is 10.6 Å². The summed E-state index contributed by atoms with van der Waals surface area (Å²) in [5.74, 6) is 0.266. The Morgan fingerprint density at radius 2 is 1.63 bits per heavy atom. The quantitative estimate of drug-likeness (QED) is 0.797. The highest BCUT2D eigenvalue weighted by Gasteiger charge is 2.27. The van der Waals surface area contributed by atoms with Gasteiger partial charge < -0.3 is 20.4 Å². The molecule has 2 fully saturated rings. The molecule has 0 bridgehead atoms. The van der Waals surface area contributed by atoms with E-state index in [1.165, 1.54) is 5.56 Å². The number of para-hydroxylation sites is 1. The van der Waals surface area contributed by atoms with Crippen molar-refractivity contribution < 1.29 is 9.59 Å². The molecular weight excluding hydrogens is 376 g/mol. The summed E-state index contributed by atoms with van der Waals surface area (Å²) in [4.78, 5) is 31.0. The lowest BCUT2D eigenvalue weighted by molar-refractivity contribution is -0.133. The van der Waals surface area contributed by atoms with Crippen LogP contribution in [-0.4, -0.2) is 60.4 Å². The van der Waals surface area contributed by atoms with Gasteiger partial charge in [0.25, 0.3) is 0 Å². The second-order valence-electron chi connectivity index (χ2n) is 8.16. The van der Waals surface area contributed by atoms with E-state index in [9.17, 15) is 9.59 Å². The fourth-order valence-electron chi connectivity index (χ4n) is 4.39. The lowest BCUT2D eigenvalue weighted by Crippen LogP contribution is -2.53. The summed E-state index contributed by atoms with van der Waals surface area (Å²) in [5.41, 5.74) is 9.64. The van der Waals surface area contributed by atoms with Crippen molar-refractivity contribution in [1.82, 2.24) is 9.80 Å². The number of nitrogens with two attached hydrogens (primary N) is 1. The molecule has 2 aromatic carbocycles. The molecule has 2 N–H and O–H groups in total. The van der Waals surface area contributed by atoms with Crippen LogP contribution in [-0.2, 0) is 22.6 Å². The number of benzene rings is 2. The summed E-state index contributed by atoms with van der Waals surface area (Å²) < 4.78 is 0. The maximum Gasteiger partial charge on any atom is 0.239 e. The van der Waals surface area contributed by atoms with Gasteiger partial charge in [-0.05, 0) is 30.0 Å². The molecule has 6 nitrogen and oxygen atoms in total. The van der Waals surface area contributed by atoms with Gasteiger partial charge in [0.15, 0.2) is 0 Å². The minimum Gasteiger partial charge on any atom is -0.368 e. The number of carbonyl (C=O) groups is 2. The van der Waals surface area contributed by atoms with Crippen molar-refractivity contribution in [1.29, 1.82) is 0 Å². The van der Waals surface area contributed by atoms with Crippen molar-refractivity contribution in [2.24, 2.45) is 5.73 Å². The van der Waals surface area contributed by atoms with Crippen molar-refractivity contribution in [3.63, 3.8) is 0 Å². The topological polar surface area (TPSA) is 69.9 Å². The predicted octanol–water partition coefficient (Wildman–Crippen LogP) is 2.03. The summed E-state index contributed by atoms with van der Waals surface area (Å²) >= 11 is 0. The third kappa shape index (κ3) is 4.65. The highest BCUT2D eigenvalue weighted by atomic mass is 16.2. The number of piperazine rings is 1. The second kappa shape index (κ2) is 9.30. The Labute approximate surface area is 178 Å². The van der Waals surface area contributed by atoms with Crippen LogP contribution in [0.25, 0.3) is 0 Å². The molecule has 2 aromatic rings. The fraction of sp³-hybridized carbons (Fsp3) is 0.417. The van der Waals surface area contributed by atoms with Gasteiger partial charge in [-0.15, -0.1) is 0 Å². The van der Waals surface area contributed by atoms with Gasteiger partial charge in [0, 0.05) is 51.4 Å². The van der Waals surface area contributed by atoms with Crippen LogP contribution in [0.15, 0.2) is 54.6 Å². The summed E-state index contributed by atoms with van der Waals surface area (Å²) in [7, 11) is 0. The van der Waals surface area contributed by atoms with Crippen LogP contribution in [0.3, 0.4) is 0 Å². The van der Waals surface area contributed by atoms with E-state index < -0.39 is 6.04 Å². The Balaban J connectivity index is 1.35. The highest BCUT2D eigenvalue weighted by molar-refractivity contribution is 5.82. The van der Waals surface area contributed by atoms with Gasteiger partial charge in [0.1, 0.15) is 0 Å². The first-order chi connectivity index (χ1) is 14.6. The molecule has 4 rings (SSSR count). The molecule has 6 heteroatoms. The molecule has 2 aliphatic rings. The number of amides is 2. The Morgan fingerprint density at radius 1 is 0.933 bits per heavy atom. The number of anilines is 1. The molecule has 158 valence electrons. The zero-order valence-electron chi connectivity index (χ0n) is 17.4. The summed E-state index contributed by atoms with van der Waals surface area (Å²) in [6.07, 6.45) is 2.17. The normalized spacial score (nSPS) is 18.0. The van der Waals surface area contributed by atoms with Crippen LogP contribution >= 0.6 is 0 Å². The number of hydrogen-bond donors (Lipinski definition) is 1. The molecule has 2 saturated heterocycles. The van der Waals surface area contributed by atoms with E-state index in [1.54, 1.807) is 0 Å². The highest BCUT2D eigenvalue weighted by Crippen LogP contribution is 2.25. The SMILES string of the molecule is N[C@H](Cc1ccccc1)C(=O)N1CCN(c2ccccc2CN2CCCC2=O)CC1. The number of likely N-dealkylation sites (tertiary alicyclic amines) is 1. The minimum absolute atomic E-state index is 0.0226. The van der Waals surface area contributed by atoms with Crippen LogP contribution in [0.4, 0.5) is 5.69 Å². The standard InChI is InChI=1S/C24H30N4O2/c25-21(17-19-7-2-1-3-8-19)24(30)27-15-13-26(14-16-27)22-10-5-4-9-20(22)18-28-12-6-11-23(28)29/h1-5,7-10,21H,6,11-18,25H2/t21-/m1/s1. The zero-order chi connectivity index (χ0) is 20.9. The average molecular weight is 407 g/mol. The number of rotatable bonds is 6. The van der Waals surface area contributed by atoms with E-state index in [0.717, 1.165) is 37.3 Å². The Hall–Kier alpha value is -2.86. The van der Waals surface area contributed by atoms with Crippen molar-refractivity contribution in [3.8, 4) is 0 Å². The Morgan fingerprint density at radius 3 is 2.33 bits per heavy atom. The molecule has 2 aliphatic heterocycles. The van der Waals surface area contributed by atoms with Crippen LogP contribution in [0.2, 0.25) is 0 Å². The van der Waals surface area contributed by atoms with Gasteiger partial charge in [-0.1, -0.05) is 48.5 Å². The van der Waals surface area contributed by atoms with Gasteiger partial charge in [-0.2, -0.15) is 0 Å². The molecule has 30 heavy (non-hydrogen) atoms. The smallest absolute Gasteiger partial charge is 0.239 e. The molecule has 0 spiro atoms. The largest absolute Gasteiger partial charge is 0.368 e. The van der Waals surface area contributed by atoms with Gasteiger partial charge in [-0.25, -0.2) is 0 Å². The van der Waals surface area contributed by atoms with E-state index >= 15 is 0 Å². The van der Waals surface area contributed by atoms with E-state index in [-0.39, 0.29) is 11.8 Å². The number of nitrogens with zero attached hydrogens (tertiary/aromatic N) is 3. The molecule has 0 radical (unpaired) electrons. The fourth-order valence-corrected chi connectivity index (χ4v) is 4.39. The summed E-state index contributed by atoms with van der Waals surface area (Å²) in [6, 6.07) is 17.7. The lowest BCUT2D eigenvalue weighted by atomic mass is 10.1. The van der Waals surface area contributed by atoms with Crippen molar-refractivity contribution in [2.45, 2.75) is 31.8 Å². The molecule has 0 saturated carbocycles. The van der Waals surface area contributed by atoms with E-state index in [1.807, 2.05) is 52.3 Å². The molecule has 2 heterocycles. The predicted molar refractivity (Wildman–Crippen MR) is 118 cm³/mol. The van der Waals surface area contributed by atoms with Crippen LogP contribution in [0, 0.1) is 0 Å². The minimum atomic E-state index is -0.507. The zero-order valence-corrected chi connectivity index (χ0v) is 17.4. The van der Waals surface area contributed by atoms with Gasteiger partial charge >= 0.3 is 0 Å². The molecule has 1 atom stereocenters. The average Bonchev–Trinajstić information content (AvgIpc) is 3.19. The van der Waals surface area contributed by atoms with Crippen LogP contribution in [0.1, 0.15) is 24.0 Å². The van der Waals surface area contributed by atoms with E-state index in [2.05, 4.69) is 17.0 Å². The van der Waals surface area contributed by atoms with E-state index in [4.69, 9.17) is 5.73 Å². The molecular formula is C24H30N4O2. The first-order valence-corrected chi connectivity index (χ1v) is 10.8. The first-order valence-electron chi connectivity index (χ1n) is 10.8. The third-order valence-corrected chi connectivity index (χ3v) is 6.07. The Kier molecular flexibility index (Phi) is 6.33. The molecule has 0 unspecified atom stereocenters. The van der Waals surface area contributed by atoms with Gasteiger partial charge in [0.2, 0.25) is 11.8 Å². The molecule has 0 aromatic heterocycles. The first kappa shape index (κ1) is 20.4. The monoisotopic (exact) mass is 406 g/mol. The summed E-state index contributed by atoms with van der Waals surface area (Å²) in [6.45, 7) is 4.38. The maximum atomic E-state index is 12.8. The molecule has 2 amide bonds. The third-order valence-electron chi connectivity index (χ3n) is 6.07. The summed E-state index contributed by atoms with van der Waals surface area (Å²) in [5, 5.41) is 0. The number of hydrogen-bond acceptors (Lipinski definition) is 4. The van der Waals surface area contributed by atoms with E-state index in [0.29, 0.717) is 32.5 Å². The van der Waals surface area contributed by atoms with Crippen molar-refractivity contribution in [2.75, 3.05) is 37.6 Å². The second-order valence-corrected chi connectivity index (χ2v) is 8.16.